The molecule has 7 heteroatoms. The maximum absolute atomic E-state index is 14.0. The Hall–Kier alpha value is -2.70. The molecule has 6 nitrogen and oxygen atoms in total. The van der Waals surface area contributed by atoms with Crippen molar-refractivity contribution in [3.8, 4) is 0 Å². The number of halogens is 1. The van der Waals surface area contributed by atoms with Crippen LogP contribution in [0.1, 0.15) is 64.4 Å². The lowest BCUT2D eigenvalue weighted by Gasteiger charge is -2.20. The fourth-order valence-electron chi connectivity index (χ4n) is 3.30. The van der Waals surface area contributed by atoms with E-state index < -0.39 is 17.7 Å². The lowest BCUT2D eigenvalue weighted by molar-refractivity contribution is 0.0696. The lowest BCUT2D eigenvalue weighted by Crippen LogP contribution is -2.17. The number of benzene rings is 1. The normalized spacial score (nSPS) is 15.1. The SMILES string of the molecule is Cn1cc(C(=O)Nc2ccc(C(=O)O)cc2F)c(C2CCCCC2)n1. The molecule has 1 saturated carbocycles. The Bertz CT molecular complexity index is 810. The molecule has 132 valence electrons. The van der Waals surface area contributed by atoms with Crippen LogP contribution in [0.3, 0.4) is 0 Å². The van der Waals surface area contributed by atoms with Crippen LogP contribution in [0.2, 0.25) is 0 Å². The summed E-state index contributed by atoms with van der Waals surface area (Å²) in [5.41, 5.74) is 0.978. The summed E-state index contributed by atoms with van der Waals surface area (Å²) in [7, 11) is 1.76. The van der Waals surface area contributed by atoms with Gasteiger partial charge in [0.05, 0.1) is 22.5 Å². The van der Waals surface area contributed by atoms with Gasteiger partial charge < -0.3 is 10.4 Å². The molecule has 1 aliphatic rings. The predicted octanol–water partition coefficient (Wildman–Crippen LogP) is 3.56. The van der Waals surface area contributed by atoms with Crippen LogP contribution in [0.4, 0.5) is 10.1 Å². The van der Waals surface area contributed by atoms with Crippen LogP contribution in [0, 0.1) is 5.82 Å². The van der Waals surface area contributed by atoms with Gasteiger partial charge in [0, 0.05) is 19.2 Å². The van der Waals surface area contributed by atoms with Gasteiger partial charge in [-0.2, -0.15) is 5.10 Å². The molecule has 2 aromatic rings. The van der Waals surface area contributed by atoms with Crippen LogP contribution in [0.5, 0.6) is 0 Å². The molecule has 25 heavy (non-hydrogen) atoms. The fraction of sp³-hybridized carbons (Fsp3) is 0.389. The smallest absolute Gasteiger partial charge is 0.335 e. The van der Waals surface area contributed by atoms with Crippen LogP contribution in [0.15, 0.2) is 24.4 Å². The number of anilines is 1. The highest BCUT2D eigenvalue weighted by atomic mass is 19.1. The standard InChI is InChI=1S/C18H20FN3O3/c1-22-10-13(16(21-22)11-5-3-2-4-6-11)17(23)20-15-8-7-12(18(24)25)9-14(15)19/h7-11H,2-6H2,1H3,(H,20,23)(H,24,25). The number of carbonyl (C=O) groups is 2. The second kappa shape index (κ2) is 7.04. The summed E-state index contributed by atoms with van der Waals surface area (Å²) in [4.78, 5) is 23.5. The van der Waals surface area contributed by atoms with Gasteiger partial charge >= 0.3 is 5.97 Å². The molecule has 1 aromatic heterocycles. The Balaban J connectivity index is 1.83. The monoisotopic (exact) mass is 345 g/mol. The van der Waals surface area contributed by atoms with Gasteiger partial charge in [0.25, 0.3) is 5.91 Å². The van der Waals surface area contributed by atoms with Crippen molar-refractivity contribution in [2.45, 2.75) is 38.0 Å². The number of aromatic nitrogens is 2. The molecule has 0 spiro atoms. The predicted molar refractivity (Wildman–Crippen MR) is 90.3 cm³/mol. The molecule has 0 unspecified atom stereocenters. The zero-order chi connectivity index (χ0) is 18.0. The molecule has 0 saturated heterocycles. The van der Waals surface area contributed by atoms with Gasteiger partial charge in [-0.15, -0.1) is 0 Å². The van der Waals surface area contributed by atoms with Crippen LogP contribution >= 0.6 is 0 Å². The molecule has 0 aliphatic heterocycles. The zero-order valence-corrected chi connectivity index (χ0v) is 14.0. The number of amides is 1. The number of nitrogens with one attached hydrogen (secondary N) is 1. The summed E-state index contributed by atoms with van der Waals surface area (Å²) in [5.74, 6) is -2.19. The maximum atomic E-state index is 14.0. The molecule has 0 radical (unpaired) electrons. The number of carboxylic acids is 1. The largest absolute Gasteiger partial charge is 0.478 e. The topological polar surface area (TPSA) is 84.2 Å². The lowest BCUT2D eigenvalue weighted by atomic mass is 9.85. The summed E-state index contributed by atoms with van der Waals surface area (Å²) in [6, 6.07) is 3.41. The number of rotatable bonds is 4. The number of hydrogen-bond acceptors (Lipinski definition) is 3. The number of hydrogen-bond donors (Lipinski definition) is 2. The second-order valence-electron chi connectivity index (χ2n) is 6.39. The van der Waals surface area contributed by atoms with Gasteiger partial charge in [-0.05, 0) is 31.0 Å². The van der Waals surface area contributed by atoms with E-state index in [0.29, 0.717) is 5.56 Å². The molecule has 1 aliphatic carbocycles. The van der Waals surface area contributed by atoms with E-state index in [1.165, 1.54) is 18.6 Å². The van der Waals surface area contributed by atoms with Crippen molar-refractivity contribution >= 4 is 17.6 Å². The summed E-state index contributed by atoms with van der Waals surface area (Å²) in [6.07, 6.45) is 7.08. The van der Waals surface area contributed by atoms with E-state index in [-0.39, 0.29) is 17.2 Å². The average Bonchev–Trinajstić information content (AvgIpc) is 2.99. The number of nitrogens with zero attached hydrogens (tertiary/aromatic N) is 2. The first kappa shape index (κ1) is 17.1. The fourth-order valence-corrected chi connectivity index (χ4v) is 3.30. The Kier molecular flexibility index (Phi) is 4.83. The average molecular weight is 345 g/mol. The first-order valence-electron chi connectivity index (χ1n) is 8.33. The molecule has 1 fully saturated rings. The summed E-state index contributed by atoms with van der Waals surface area (Å²) in [6.45, 7) is 0. The first-order valence-corrected chi connectivity index (χ1v) is 8.33. The summed E-state index contributed by atoms with van der Waals surface area (Å²) < 4.78 is 15.6. The van der Waals surface area contributed by atoms with Crippen molar-refractivity contribution in [2.75, 3.05) is 5.32 Å². The van der Waals surface area contributed by atoms with Crippen molar-refractivity contribution in [3.05, 3.63) is 47.0 Å². The van der Waals surface area contributed by atoms with E-state index in [4.69, 9.17) is 5.11 Å². The first-order chi connectivity index (χ1) is 12.0. The van der Waals surface area contributed by atoms with Crippen LogP contribution < -0.4 is 5.32 Å². The van der Waals surface area contributed by atoms with E-state index in [1.54, 1.807) is 17.9 Å². The van der Waals surface area contributed by atoms with Gasteiger partial charge in [-0.3, -0.25) is 9.48 Å². The van der Waals surface area contributed by atoms with E-state index in [1.807, 2.05) is 0 Å². The molecule has 0 atom stereocenters. The highest BCUT2D eigenvalue weighted by Gasteiger charge is 2.25. The third-order valence-electron chi connectivity index (χ3n) is 4.56. The van der Waals surface area contributed by atoms with Gasteiger partial charge in [-0.25, -0.2) is 9.18 Å². The highest BCUT2D eigenvalue weighted by molar-refractivity contribution is 6.05. The molecular formula is C18H20FN3O3. The zero-order valence-electron chi connectivity index (χ0n) is 14.0. The number of aromatic carboxylic acids is 1. The quantitative estimate of drug-likeness (QED) is 0.887. The molecule has 3 rings (SSSR count). The molecule has 2 N–H and O–H groups in total. The Labute approximate surface area is 144 Å². The highest BCUT2D eigenvalue weighted by Crippen LogP contribution is 2.33. The number of carbonyl (C=O) groups excluding carboxylic acids is 1. The third-order valence-corrected chi connectivity index (χ3v) is 4.56. The number of carboxylic acid groups (broad SMARTS) is 1. The van der Waals surface area contributed by atoms with E-state index in [9.17, 15) is 14.0 Å². The van der Waals surface area contributed by atoms with Crippen molar-refractivity contribution in [2.24, 2.45) is 7.05 Å². The Morgan fingerprint density at radius 3 is 2.64 bits per heavy atom. The van der Waals surface area contributed by atoms with Gasteiger partial charge in [-0.1, -0.05) is 19.3 Å². The van der Waals surface area contributed by atoms with Crippen LogP contribution in [-0.2, 0) is 7.05 Å². The Morgan fingerprint density at radius 2 is 2.00 bits per heavy atom. The van der Waals surface area contributed by atoms with Crippen molar-refractivity contribution in [1.29, 1.82) is 0 Å². The van der Waals surface area contributed by atoms with E-state index in [0.717, 1.165) is 37.4 Å². The third kappa shape index (κ3) is 3.70. The minimum absolute atomic E-state index is 0.0477. The van der Waals surface area contributed by atoms with Crippen molar-refractivity contribution in [3.63, 3.8) is 0 Å². The molecule has 1 amide bonds. The number of aryl methyl sites for hydroxylation is 1. The minimum atomic E-state index is -1.22. The summed E-state index contributed by atoms with van der Waals surface area (Å²) >= 11 is 0. The molecular weight excluding hydrogens is 325 g/mol. The van der Waals surface area contributed by atoms with Gasteiger partial charge in [0.1, 0.15) is 5.82 Å². The summed E-state index contributed by atoms with van der Waals surface area (Å²) in [5, 5.41) is 15.8. The minimum Gasteiger partial charge on any atom is -0.478 e. The maximum Gasteiger partial charge on any atom is 0.335 e. The molecule has 0 bridgehead atoms. The van der Waals surface area contributed by atoms with Gasteiger partial charge in [0.2, 0.25) is 0 Å². The van der Waals surface area contributed by atoms with E-state index >= 15 is 0 Å². The van der Waals surface area contributed by atoms with Crippen LogP contribution in [-0.4, -0.2) is 26.8 Å². The Morgan fingerprint density at radius 1 is 1.28 bits per heavy atom. The second-order valence-corrected chi connectivity index (χ2v) is 6.39. The van der Waals surface area contributed by atoms with Crippen molar-refractivity contribution in [1.82, 2.24) is 9.78 Å². The molecule has 1 aromatic carbocycles. The van der Waals surface area contributed by atoms with E-state index in [2.05, 4.69) is 10.4 Å². The van der Waals surface area contributed by atoms with Crippen LogP contribution in [0.25, 0.3) is 0 Å². The van der Waals surface area contributed by atoms with Gasteiger partial charge in [0.15, 0.2) is 0 Å². The molecule has 1 heterocycles. The van der Waals surface area contributed by atoms with Crippen molar-refractivity contribution < 1.29 is 19.1 Å².